The molecule has 0 bridgehead atoms. The maximum Gasteiger partial charge on any atom is 0.0802 e. The third-order valence-corrected chi connectivity index (χ3v) is 3.75. The third-order valence-electron chi connectivity index (χ3n) is 3.75. The number of aliphatic hydroxyl groups excluding tert-OH is 1. The van der Waals surface area contributed by atoms with Crippen LogP contribution in [-0.4, -0.2) is 11.7 Å². The zero-order chi connectivity index (χ0) is 15.3. The molecule has 0 amide bonds. The molecule has 0 heterocycles. The van der Waals surface area contributed by atoms with Gasteiger partial charge in [0.2, 0.25) is 0 Å². The van der Waals surface area contributed by atoms with Crippen LogP contribution in [-0.2, 0) is 0 Å². The second-order valence-corrected chi connectivity index (χ2v) is 5.24. The van der Waals surface area contributed by atoms with Crippen LogP contribution in [0.2, 0.25) is 0 Å². The maximum absolute atomic E-state index is 10.1. The monoisotopic (exact) mass is 261 g/mol. The number of hydrogen-bond acceptors (Lipinski definition) is 2. The third kappa shape index (κ3) is 4.48. The first-order chi connectivity index (χ1) is 10.0. The fraction of sp³-hybridized carbons (Fsp3) is 0.529. The Kier molecular flexibility index (Phi) is 4.59. The second kappa shape index (κ2) is 7.46. The van der Waals surface area contributed by atoms with Crippen LogP contribution < -0.4 is 5.73 Å². The Labute approximate surface area is 119 Å². The average Bonchev–Trinajstić information content (AvgIpc) is 2.53. The number of allylic oxidation sites excluding steroid dienone is 1. The number of benzene rings is 1. The van der Waals surface area contributed by atoms with Gasteiger partial charge < -0.3 is 10.8 Å². The quantitative estimate of drug-likeness (QED) is 0.849. The largest absolute Gasteiger partial charge is 0.388 e. The SMILES string of the molecule is [2H]C([2H])(CN)C(O)c1cccc(/C=C/C2CCCCC2)c1. The summed E-state index contributed by atoms with van der Waals surface area (Å²) in [6.45, 7) is -0.198. The van der Waals surface area contributed by atoms with E-state index in [1.807, 2.05) is 18.2 Å². The highest BCUT2D eigenvalue weighted by molar-refractivity contribution is 5.50. The van der Waals surface area contributed by atoms with Crippen LogP contribution in [0.4, 0.5) is 0 Å². The first-order valence-corrected chi connectivity index (χ1v) is 7.19. The summed E-state index contributed by atoms with van der Waals surface area (Å²) in [5, 5.41) is 10.1. The summed E-state index contributed by atoms with van der Waals surface area (Å²) in [7, 11) is 0. The van der Waals surface area contributed by atoms with Crippen molar-refractivity contribution in [3.8, 4) is 0 Å². The van der Waals surface area contributed by atoms with Gasteiger partial charge >= 0.3 is 0 Å². The summed E-state index contributed by atoms with van der Waals surface area (Å²) in [6, 6.07) is 7.42. The molecule has 1 fully saturated rings. The highest BCUT2D eigenvalue weighted by Gasteiger charge is 2.10. The first kappa shape index (κ1) is 11.7. The van der Waals surface area contributed by atoms with Crippen molar-refractivity contribution in [2.45, 2.75) is 44.6 Å². The maximum atomic E-state index is 10.1. The highest BCUT2D eigenvalue weighted by atomic mass is 16.3. The Balaban J connectivity index is 2.08. The Morgan fingerprint density at radius 1 is 1.37 bits per heavy atom. The molecule has 1 unspecified atom stereocenters. The van der Waals surface area contributed by atoms with Crippen LogP contribution in [0.5, 0.6) is 0 Å². The fourth-order valence-electron chi connectivity index (χ4n) is 2.64. The molecular weight excluding hydrogens is 234 g/mol. The number of nitrogens with two attached hydrogens (primary N) is 1. The van der Waals surface area contributed by atoms with Gasteiger partial charge in [-0.3, -0.25) is 0 Å². The topological polar surface area (TPSA) is 46.2 Å². The van der Waals surface area contributed by atoms with Gasteiger partial charge in [-0.2, -0.15) is 0 Å². The van der Waals surface area contributed by atoms with Crippen molar-refractivity contribution in [1.29, 1.82) is 0 Å². The minimum Gasteiger partial charge on any atom is -0.388 e. The number of rotatable bonds is 5. The van der Waals surface area contributed by atoms with E-state index in [0.29, 0.717) is 11.5 Å². The molecule has 1 saturated carbocycles. The van der Waals surface area contributed by atoms with Crippen molar-refractivity contribution in [3.63, 3.8) is 0 Å². The average molecular weight is 261 g/mol. The molecule has 1 aromatic carbocycles. The van der Waals surface area contributed by atoms with Crippen LogP contribution in [0.15, 0.2) is 30.3 Å². The summed E-state index contributed by atoms with van der Waals surface area (Å²) in [5.74, 6) is 0.655. The molecule has 0 spiro atoms. The molecule has 0 aliphatic heterocycles. The Morgan fingerprint density at radius 3 is 2.89 bits per heavy atom. The molecule has 2 nitrogen and oxygen atoms in total. The summed E-state index contributed by atoms with van der Waals surface area (Å²) < 4.78 is 15.4. The van der Waals surface area contributed by atoms with Gasteiger partial charge in [-0.15, -0.1) is 0 Å². The van der Waals surface area contributed by atoms with Gasteiger partial charge in [0, 0.05) is 2.74 Å². The predicted octanol–water partition coefficient (Wildman–Crippen LogP) is 3.66. The van der Waals surface area contributed by atoms with Crippen molar-refractivity contribution >= 4 is 6.08 Å². The molecule has 1 atom stereocenters. The van der Waals surface area contributed by atoms with Gasteiger partial charge in [0.15, 0.2) is 0 Å². The van der Waals surface area contributed by atoms with Crippen LogP contribution >= 0.6 is 0 Å². The minimum atomic E-state index is -1.80. The predicted molar refractivity (Wildman–Crippen MR) is 80.7 cm³/mol. The van der Waals surface area contributed by atoms with Gasteiger partial charge in [0.25, 0.3) is 0 Å². The zero-order valence-corrected chi connectivity index (χ0v) is 11.4. The van der Waals surface area contributed by atoms with Gasteiger partial charge in [0.1, 0.15) is 0 Å². The van der Waals surface area contributed by atoms with Gasteiger partial charge in [-0.05, 0) is 48.9 Å². The molecule has 0 aromatic heterocycles. The lowest BCUT2D eigenvalue weighted by Crippen LogP contribution is -2.06. The second-order valence-electron chi connectivity index (χ2n) is 5.24. The van der Waals surface area contributed by atoms with E-state index in [1.165, 1.54) is 32.1 Å². The fourth-order valence-corrected chi connectivity index (χ4v) is 2.64. The lowest BCUT2D eigenvalue weighted by Gasteiger charge is -2.17. The molecule has 1 aromatic rings. The van der Waals surface area contributed by atoms with Crippen molar-refractivity contribution in [2.24, 2.45) is 11.7 Å². The molecule has 2 heteroatoms. The summed E-state index contributed by atoms with van der Waals surface area (Å²) >= 11 is 0. The molecule has 104 valence electrons. The summed E-state index contributed by atoms with van der Waals surface area (Å²) in [5.41, 5.74) is 6.97. The van der Waals surface area contributed by atoms with E-state index in [2.05, 4.69) is 12.2 Å². The van der Waals surface area contributed by atoms with Crippen LogP contribution in [0.1, 0.15) is 58.4 Å². The van der Waals surface area contributed by atoms with Crippen molar-refractivity contribution < 1.29 is 7.85 Å². The molecule has 19 heavy (non-hydrogen) atoms. The molecule has 3 N–H and O–H groups in total. The van der Waals surface area contributed by atoms with Crippen LogP contribution in [0.25, 0.3) is 6.08 Å². The standard InChI is InChI=1S/C17H25NO/c18-12-11-17(19)16-8-4-7-15(13-16)10-9-14-5-2-1-3-6-14/h4,7-10,13-14,17,19H,1-3,5-6,11-12,18H2/b10-9+/i11D2. The molecule has 0 saturated heterocycles. The normalized spacial score (nSPS) is 21.2. The highest BCUT2D eigenvalue weighted by Crippen LogP contribution is 2.25. The van der Waals surface area contributed by atoms with E-state index in [-0.39, 0.29) is 6.54 Å². The Morgan fingerprint density at radius 2 is 2.16 bits per heavy atom. The Hall–Kier alpha value is -1.12. The van der Waals surface area contributed by atoms with E-state index in [0.717, 1.165) is 5.56 Å². The molecule has 1 aliphatic rings. The minimum absolute atomic E-state index is 0.198. The molecule has 0 radical (unpaired) electrons. The van der Waals surface area contributed by atoms with Crippen LogP contribution in [0, 0.1) is 5.92 Å². The summed E-state index contributed by atoms with van der Waals surface area (Å²) in [4.78, 5) is 0. The number of hydrogen-bond donors (Lipinski definition) is 2. The van der Waals surface area contributed by atoms with Gasteiger partial charge in [-0.1, -0.05) is 49.6 Å². The Bertz CT molecular complexity index is 481. The smallest absolute Gasteiger partial charge is 0.0802 e. The van der Waals surface area contributed by atoms with Crippen molar-refractivity contribution in [2.75, 3.05) is 6.54 Å². The molecular formula is C17H25NO. The summed E-state index contributed by atoms with van der Waals surface area (Å²) in [6.07, 6.45) is 7.83. The van der Waals surface area contributed by atoms with Gasteiger partial charge in [0.05, 0.1) is 6.10 Å². The molecule has 1 aliphatic carbocycles. The van der Waals surface area contributed by atoms with E-state index in [9.17, 15) is 5.11 Å². The van der Waals surface area contributed by atoms with E-state index in [1.54, 1.807) is 6.07 Å². The van der Waals surface area contributed by atoms with E-state index >= 15 is 0 Å². The lowest BCUT2D eigenvalue weighted by atomic mass is 9.88. The van der Waals surface area contributed by atoms with E-state index in [4.69, 9.17) is 8.48 Å². The van der Waals surface area contributed by atoms with Crippen molar-refractivity contribution in [1.82, 2.24) is 0 Å². The van der Waals surface area contributed by atoms with Crippen molar-refractivity contribution in [3.05, 3.63) is 41.5 Å². The molecule has 2 rings (SSSR count). The van der Waals surface area contributed by atoms with Gasteiger partial charge in [-0.25, -0.2) is 0 Å². The zero-order valence-electron chi connectivity index (χ0n) is 13.4. The first-order valence-electron chi connectivity index (χ1n) is 8.19. The van der Waals surface area contributed by atoms with Crippen LogP contribution in [0.3, 0.4) is 0 Å². The number of aliphatic hydroxyl groups is 1. The lowest BCUT2D eigenvalue weighted by molar-refractivity contribution is 0.170. The van der Waals surface area contributed by atoms with E-state index < -0.39 is 12.5 Å².